The second kappa shape index (κ2) is 29.7. The number of carbonyl (C=O) groups is 1. The molecule has 4 nitrogen and oxygen atoms in total. The predicted molar refractivity (Wildman–Crippen MR) is 161 cm³/mol. The Labute approximate surface area is 231 Å². The number of amides is 1. The molecule has 0 saturated heterocycles. The molecule has 0 aliphatic rings. The molecule has 0 saturated carbocycles. The number of carbonyl (C=O) groups excluding carboxylic acids is 1. The summed E-state index contributed by atoms with van der Waals surface area (Å²) < 4.78 is 0. The third-order valence-corrected chi connectivity index (χ3v) is 7.53. The topological polar surface area (TPSA) is 69.6 Å². The molecule has 0 spiro atoms. The summed E-state index contributed by atoms with van der Waals surface area (Å²) in [7, 11) is 0. The summed E-state index contributed by atoms with van der Waals surface area (Å²) in [5, 5.41) is 22.9. The molecule has 0 unspecified atom stereocenters. The van der Waals surface area contributed by atoms with Crippen LogP contribution in [0.2, 0.25) is 0 Å². The van der Waals surface area contributed by atoms with Crippen LogP contribution < -0.4 is 5.32 Å². The van der Waals surface area contributed by atoms with E-state index in [4.69, 9.17) is 0 Å². The van der Waals surface area contributed by atoms with Crippen LogP contribution in [0.5, 0.6) is 0 Å². The van der Waals surface area contributed by atoms with Crippen molar-refractivity contribution in [2.24, 2.45) is 0 Å². The van der Waals surface area contributed by atoms with Crippen LogP contribution >= 0.6 is 0 Å². The lowest BCUT2D eigenvalue weighted by Gasteiger charge is -2.22. The molecule has 0 aromatic carbocycles. The Balaban J connectivity index is 3.62. The number of hydrogen-bond donors (Lipinski definition) is 3. The SMILES string of the molecule is CCCCCCCC/C=C/CCCC[C@@H](O)[C@H](CO)NC(=O)CCCCCCCCCCCCCCC. The second-order valence-corrected chi connectivity index (χ2v) is 11.2. The maximum absolute atomic E-state index is 12.3. The van der Waals surface area contributed by atoms with Crippen molar-refractivity contribution >= 4 is 5.91 Å². The van der Waals surface area contributed by atoms with Crippen LogP contribution in [0.3, 0.4) is 0 Å². The molecule has 0 radical (unpaired) electrons. The van der Waals surface area contributed by atoms with E-state index in [0.717, 1.165) is 32.1 Å². The van der Waals surface area contributed by atoms with E-state index in [-0.39, 0.29) is 12.5 Å². The number of rotatable bonds is 29. The fourth-order valence-electron chi connectivity index (χ4n) is 4.94. The highest BCUT2D eigenvalue weighted by molar-refractivity contribution is 5.76. The Hall–Kier alpha value is -0.870. The number of nitrogens with one attached hydrogen (secondary N) is 1. The smallest absolute Gasteiger partial charge is 0.220 e. The van der Waals surface area contributed by atoms with Gasteiger partial charge in [-0.2, -0.15) is 0 Å². The van der Waals surface area contributed by atoms with E-state index in [1.165, 1.54) is 116 Å². The van der Waals surface area contributed by atoms with Crippen molar-refractivity contribution < 1.29 is 15.0 Å². The molecule has 0 aromatic heterocycles. The highest BCUT2D eigenvalue weighted by atomic mass is 16.3. The molecule has 0 aliphatic carbocycles. The van der Waals surface area contributed by atoms with E-state index >= 15 is 0 Å². The number of allylic oxidation sites excluding steroid dienone is 2. The first kappa shape index (κ1) is 36.1. The minimum Gasteiger partial charge on any atom is -0.394 e. The molecule has 37 heavy (non-hydrogen) atoms. The van der Waals surface area contributed by atoms with Gasteiger partial charge in [0.1, 0.15) is 0 Å². The van der Waals surface area contributed by atoms with Crippen molar-refractivity contribution in [2.45, 2.75) is 187 Å². The monoisotopic (exact) mass is 523 g/mol. The van der Waals surface area contributed by atoms with Crippen molar-refractivity contribution in [2.75, 3.05) is 6.61 Å². The normalized spacial score (nSPS) is 13.3. The summed E-state index contributed by atoms with van der Waals surface area (Å²) in [6, 6.07) is -0.544. The van der Waals surface area contributed by atoms with Crippen LogP contribution in [0.1, 0.15) is 174 Å². The van der Waals surface area contributed by atoms with Crippen molar-refractivity contribution in [3.8, 4) is 0 Å². The Bertz CT molecular complexity index is 494. The van der Waals surface area contributed by atoms with Gasteiger partial charge in [-0.1, -0.05) is 142 Å². The van der Waals surface area contributed by atoms with E-state index < -0.39 is 12.1 Å². The first-order valence-corrected chi connectivity index (χ1v) is 16.4. The van der Waals surface area contributed by atoms with Crippen LogP contribution in [0.4, 0.5) is 0 Å². The quantitative estimate of drug-likeness (QED) is 0.0676. The second-order valence-electron chi connectivity index (χ2n) is 11.2. The zero-order valence-corrected chi connectivity index (χ0v) is 25.0. The summed E-state index contributed by atoms with van der Waals surface area (Å²) in [4.78, 5) is 12.3. The van der Waals surface area contributed by atoms with Gasteiger partial charge < -0.3 is 15.5 Å². The van der Waals surface area contributed by atoms with Gasteiger partial charge in [-0.05, 0) is 38.5 Å². The zero-order chi connectivity index (χ0) is 27.2. The van der Waals surface area contributed by atoms with Crippen LogP contribution in [0, 0.1) is 0 Å². The summed E-state index contributed by atoms with van der Waals surface area (Å²) in [6.45, 7) is 4.31. The third kappa shape index (κ3) is 26.5. The lowest BCUT2D eigenvalue weighted by Crippen LogP contribution is -2.45. The molecule has 0 rings (SSSR count). The molecule has 1 amide bonds. The predicted octanol–water partition coefficient (Wildman–Crippen LogP) is 9.17. The van der Waals surface area contributed by atoms with Gasteiger partial charge >= 0.3 is 0 Å². The van der Waals surface area contributed by atoms with Gasteiger partial charge in [-0.15, -0.1) is 0 Å². The van der Waals surface area contributed by atoms with E-state index in [1.807, 2.05) is 0 Å². The standard InChI is InChI=1S/C33H65NO3/c1-3-5-7-9-11-13-15-17-19-21-23-25-27-29-33(37)34-31(30-35)32(36)28-26-24-22-20-18-16-14-12-10-8-6-4-2/h18,20,31-32,35-36H,3-17,19,21-30H2,1-2H3,(H,34,37)/b20-18+/t31-,32+/m0/s1. The van der Waals surface area contributed by atoms with Crippen molar-refractivity contribution in [3.63, 3.8) is 0 Å². The minimum atomic E-state index is -0.673. The largest absolute Gasteiger partial charge is 0.394 e. The first-order valence-electron chi connectivity index (χ1n) is 16.4. The van der Waals surface area contributed by atoms with Gasteiger partial charge in [0.2, 0.25) is 5.91 Å². The molecule has 0 aliphatic heterocycles. The van der Waals surface area contributed by atoms with E-state index in [9.17, 15) is 15.0 Å². The van der Waals surface area contributed by atoms with Gasteiger partial charge in [0.25, 0.3) is 0 Å². The van der Waals surface area contributed by atoms with Gasteiger partial charge in [0, 0.05) is 6.42 Å². The first-order chi connectivity index (χ1) is 18.2. The maximum Gasteiger partial charge on any atom is 0.220 e. The summed E-state index contributed by atoms with van der Waals surface area (Å²) in [6.07, 6.45) is 34.0. The number of aliphatic hydroxyl groups is 2. The highest BCUT2D eigenvalue weighted by Crippen LogP contribution is 2.14. The van der Waals surface area contributed by atoms with Crippen LogP contribution in [-0.4, -0.2) is 34.9 Å². The average molecular weight is 524 g/mol. The van der Waals surface area contributed by atoms with Gasteiger partial charge in [-0.25, -0.2) is 0 Å². The van der Waals surface area contributed by atoms with Crippen LogP contribution in [0.15, 0.2) is 12.2 Å². The molecule has 3 N–H and O–H groups in total. The fraction of sp³-hybridized carbons (Fsp3) is 0.909. The molecule has 0 fully saturated rings. The molecule has 220 valence electrons. The highest BCUT2D eigenvalue weighted by Gasteiger charge is 2.19. The summed E-state index contributed by atoms with van der Waals surface area (Å²) in [5.41, 5.74) is 0. The zero-order valence-electron chi connectivity index (χ0n) is 25.0. The Morgan fingerprint density at radius 1 is 0.622 bits per heavy atom. The van der Waals surface area contributed by atoms with Crippen molar-refractivity contribution in [1.29, 1.82) is 0 Å². The molecule has 0 bridgehead atoms. The van der Waals surface area contributed by atoms with Gasteiger partial charge in [-0.3, -0.25) is 4.79 Å². The van der Waals surface area contributed by atoms with Crippen LogP contribution in [0.25, 0.3) is 0 Å². The number of hydrogen-bond acceptors (Lipinski definition) is 3. The van der Waals surface area contributed by atoms with Gasteiger partial charge in [0.15, 0.2) is 0 Å². The van der Waals surface area contributed by atoms with Gasteiger partial charge in [0.05, 0.1) is 18.8 Å². The molecule has 2 atom stereocenters. The maximum atomic E-state index is 12.3. The Kier molecular flexibility index (Phi) is 29.0. The Morgan fingerprint density at radius 3 is 1.49 bits per heavy atom. The number of aliphatic hydroxyl groups excluding tert-OH is 2. The average Bonchev–Trinajstić information content (AvgIpc) is 2.90. The molecular formula is C33H65NO3. The lowest BCUT2D eigenvalue weighted by atomic mass is 10.0. The molecule has 4 heteroatoms. The minimum absolute atomic E-state index is 0.0428. The lowest BCUT2D eigenvalue weighted by molar-refractivity contribution is -0.123. The summed E-state index contributed by atoms with van der Waals surface area (Å²) >= 11 is 0. The Morgan fingerprint density at radius 2 is 1.03 bits per heavy atom. The van der Waals surface area contributed by atoms with E-state index in [1.54, 1.807) is 0 Å². The molecule has 0 aromatic rings. The van der Waals surface area contributed by atoms with E-state index in [2.05, 4.69) is 31.3 Å². The van der Waals surface area contributed by atoms with Crippen molar-refractivity contribution in [1.82, 2.24) is 5.32 Å². The van der Waals surface area contributed by atoms with Crippen LogP contribution in [-0.2, 0) is 4.79 Å². The van der Waals surface area contributed by atoms with Crippen molar-refractivity contribution in [3.05, 3.63) is 12.2 Å². The molecular weight excluding hydrogens is 458 g/mol. The van der Waals surface area contributed by atoms with E-state index in [0.29, 0.717) is 12.8 Å². The number of unbranched alkanes of at least 4 members (excludes halogenated alkanes) is 20. The third-order valence-electron chi connectivity index (χ3n) is 7.53. The summed E-state index contributed by atoms with van der Waals surface area (Å²) in [5.74, 6) is -0.0428. The molecule has 0 heterocycles. The fourth-order valence-corrected chi connectivity index (χ4v) is 4.94.